The first kappa shape index (κ1) is 14.5. The lowest BCUT2D eigenvalue weighted by molar-refractivity contribution is 0.0690. The second-order valence-electron chi connectivity index (χ2n) is 5.58. The zero-order valence-corrected chi connectivity index (χ0v) is 13.2. The molecule has 4 nitrogen and oxygen atoms in total. The molecule has 21 heavy (non-hydrogen) atoms. The Morgan fingerprint density at radius 2 is 2.24 bits per heavy atom. The number of nitrogens with zero attached hydrogens (tertiary/aromatic N) is 2. The lowest BCUT2D eigenvalue weighted by Gasteiger charge is -2.32. The highest BCUT2D eigenvalue weighted by Gasteiger charge is 2.23. The van der Waals surface area contributed by atoms with Crippen molar-refractivity contribution < 1.29 is 4.79 Å². The van der Waals surface area contributed by atoms with Gasteiger partial charge in [0.05, 0.1) is 15.7 Å². The molecule has 0 atom stereocenters. The highest BCUT2D eigenvalue weighted by molar-refractivity contribution is 7.16. The Kier molecular flexibility index (Phi) is 4.51. The number of piperidine rings is 1. The summed E-state index contributed by atoms with van der Waals surface area (Å²) in [5, 5.41) is 3.40. The monoisotopic (exact) mass is 303 g/mol. The number of amides is 1. The molecule has 0 bridgehead atoms. The standard InChI is InChI=1S/C16H21N3OS/c1-2-17-10-12-5-7-19(8-6-12)16(20)13-3-4-14-15(9-13)21-11-18-14/h3-4,9,11-12,17H,2,5-8,10H2,1H3. The summed E-state index contributed by atoms with van der Waals surface area (Å²) < 4.78 is 1.09. The van der Waals surface area contributed by atoms with Crippen LogP contribution in [0.5, 0.6) is 0 Å². The van der Waals surface area contributed by atoms with Crippen molar-refractivity contribution in [2.45, 2.75) is 19.8 Å². The van der Waals surface area contributed by atoms with Crippen molar-refractivity contribution in [3.8, 4) is 0 Å². The summed E-state index contributed by atoms with van der Waals surface area (Å²) in [4.78, 5) is 18.8. The van der Waals surface area contributed by atoms with Crippen LogP contribution in [0, 0.1) is 5.92 Å². The van der Waals surface area contributed by atoms with Crippen molar-refractivity contribution >= 4 is 27.5 Å². The van der Waals surface area contributed by atoms with Gasteiger partial charge in [0.1, 0.15) is 0 Å². The molecule has 3 rings (SSSR count). The number of rotatable bonds is 4. The summed E-state index contributed by atoms with van der Waals surface area (Å²) in [6.45, 7) is 5.97. The molecule has 1 aromatic carbocycles. The number of fused-ring (bicyclic) bond motifs is 1. The fourth-order valence-corrected chi connectivity index (χ4v) is 3.58. The van der Waals surface area contributed by atoms with E-state index in [0.29, 0.717) is 5.92 Å². The third-order valence-electron chi connectivity index (χ3n) is 4.16. The molecule has 0 saturated carbocycles. The van der Waals surface area contributed by atoms with Gasteiger partial charge in [0, 0.05) is 18.7 Å². The van der Waals surface area contributed by atoms with Crippen molar-refractivity contribution in [2.24, 2.45) is 5.92 Å². The van der Waals surface area contributed by atoms with Gasteiger partial charge in [-0.1, -0.05) is 6.92 Å². The zero-order valence-electron chi connectivity index (χ0n) is 12.3. The number of carbonyl (C=O) groups is 1. The summed E-state index contributed by atoms with van der Waals surface area (Å²) in [6.07, 6.45) is 2.20. The Morgan fingerprint density at radius 3 is 3.00 bits per heavy atom. The Hall–Kier alpha value is -1.46. The lowest BCUT2D eigenvalue weighted by Crippen LogP contribution is -2.40. The zero-order chi connectivity index (χ0) is 14.7. The molecule has 1 saturated heterocycles. The Morgan fingerprint density at radius 1 is 1.43 bits per heavy atom. The van der Waals surface area contributed by atoms with Crippen LogP contribution in [0.4, 0.5) is 0 Å². The normalized spacial score (nSPS) is 16.5. The van der Waals surface area contributed by atoms with Gasteiger partial charge in [-0.3, -0.25) is 4.79 Å². The average Bonchev–Trinajstić information content (AvgIpc) is 3.00. The van der Waals surface area contributed by atoms with E-state index in [1.807, 2.05) is 28.6 Å². The topological polar surface area (TPSA) is 45.2 Å². The molecule has 1 amide bonds. The fourth-order valence-electron chi connectivity index (χ4n) is 2.86. The van der Waals surface area contributed by atoms with Crippen molar-refractivity contribution in [3.05, 3.63) is 29.3 Å². The van der Waals surface area contributed by atoms with Crippen molar-refractivity contribution in [1.82, 2.24) is 15.2 Å². The second-order valence-corrected chi connectivity index (χ2v) is 6.46. The molecule has 112 valence electrons. The number of aromatic nitrogens is 1. The molecule has 0 spiro atoms. The van der Waals surface area contributed by atoms with E-state index < -0.39 is 0 Å². The van der Waals surface area contributed by atoms with Gasteiger partial charge in [0.25, 0.3) is 5.91 Å². The highest BCUT2D eigenvalue weighted by Crippen LogP contribution is 2.22. The molecule has 1 fully saturated rings. The first-order valence-electron chi connectivity index (χ1n) is 7.61. The first-order chi connectivity index (χ1) is 10.3. The number of hydrogen-bond acceptors (Lipinski definition) is 4. The van der Waals surface area contributed by atoms with Crippen LogP contribution in [0.3, 0.4) is 0 Å². The average molecular weight is 303 g/mol. The largest absolute Gasteiger partial charge is 0.339 e. The van der Waals surface area contributed by atoms with Crippen LogP contribution in [0.1, 0.15) is 30.1 Å². The minimum atomic E-state index is 0.159. The van der Waals surface area contributed by atoms with Crippen molar-refractivity contribution in [3.63, 3.8) is 0 Å². The van der Waals surface area contributed by atoms with Crippen LogP contribution in [0.25, 0.3) is 10.2 Å². The maximum Gasteiger partial charge on any atom is 0.253 e. The predicted octanol–water partition coefficient (Wildman–Crippen LogP) is 2.76. The summed E-state index contributed by atoms with van der Waals surface area (Å²) in [6, 6.07) is 5.81. The summed E-state index contributed by atoms with van der Waals surface area (Å²) in [5.41, 5.74) is 3.59. The lowest BCUT2D eigenvalue weighted by atomic mass is 9.96. The Labute approximate surface area is 129 Å². The van der Waals surface area contributed by atoms with Crippen LogP contribution in [-0.2, 0) is 0 Å². The van der Waals surface area contributed by atoms with E-state index >= 15 is 0 Å². The van der Waals surface area contributed by atoms with Crippen LogP contribution < -0.4 is 5.32 Å². The van der Waals surface area contributed by atoms with Gasteiger partial charge in [-0.05, 0) is 50.0 Å². The van der Waals surface area contributed by atoms with Crippen LogP contribution in [-0.4, -0.2) is 42.0 Å². The molecule has 0 aliphatic carbocycles. The van der Waals surface area contributed by atoms with E-state index in [1.165, 1.54) is 0 Å². The molecule has 1 aliphatic rings. The third kappa shape index (κ3) is 3.24. The minimum absolute atomic E-state index is 0.159. The summed E-state index contributed by atoms with van der Waals surface area (Å²) in [5.74, 6) is 0.866. The van der Waals surface area contributed by atoms with E-state index in [0.717, 1.165) is 54.8 Å². The number of hydrogen-bond donors (Lipinski definition) is 1. The summed E-state index contributed by atoms with van der Waals surface area (Å²) >= 11 is 1.58. The van der Waals surface area contributed by atoms with Crippen LogP contribution in [0.15, 0.2) is 23.7 Å². The molecular weight excluding hydrogens is 282 g/mol. The van der Waals surface area contributed by atoms with Crippen molar-refractivity contribution in [1.29, 1.82) is 0 Å². The van der Waals surface area contributed by atoms with Gasteiger partial charge >= 0.3 is 0 Å². The molecule has 1 aliphatic heterocycles. The Balaban J connectivity index is 1.63. The van der Waals surface area contributed by atoms with Crippen LogP contribution >= 0.6 is 11.3 Å². The number of carbonyl (C=O) groups excluding carboxylic acids is 1. The molecule has 1 aromatic heterocycles. The number of benzene rings is 1. The van der Waals surface area contributed by atoms with Crippen molar-refractivity contribution in [2.75, 3.05) is 26.2 Å². The first-order valence-corrected chi connectivity index (χ1v) is 8.49. The van der Waals surface area contributed by atoms with E-state index in [1.54, 1.807) is 11.3 Å². The van der Waals surface area contributed by atoms with Gasteiger partial charge in [0.15, 0.2) is 0 Å². The fraction of sp³-hybridized carbons (Fsp3) is 0.500. The van der Waals surface area contributed by atoms with Gasteiger partial charge in [-0.25, -0.2) is 4.98 Å². The maximum atomic E-state index is 12.6. The van der Waals surface area contributed by atoms with Gasteiger partial charge < -0.3 is 10.2 Å². The minimum Gasteiger partial charge on any atom is -0.339 e. The Bertz CT molecular complexity index is 617. The second kappa shape index (κ2) is 6.54. The van der Waals surface area contributed by atoms with E-state index in [2.05, 4.69) is 17.2 Å². The van der Waals surface area contributed by atoms with E-state index in [-0.39, 0.29) is 5.91 Å². The smallest absolute Gasteiger partial charge is 0.253 e. The molecule has 5 heteroatoms. The quantitative estimate of drug-likeness (QED) is 0.944. The van der Waals surface area contributed by atoms with E-state index in [4.69, 9.17) is 0 Å². The third-order valence-corrected chi connectivity index (χ3v) is 4.95. The number of likely N-dealkylation sites (tertiary alicyclic amines) is 1. The van der Waals surface area contributed by atoms with E-state index in [9.17, 15) is 4.79 Å². The number of thiazole rings is 1. The summed E-state index contributed by atoms with van der Waals surface area (Å²) in [7, 11) is 0. The highest BCUT2D eigenvalue weighted by atomic mass is 32.1. The van der Waals surface area contributed by atoms with Gasteiger partial charge in [0.2, 0.25) is 0 Å². The van der Waals surface area contributed by atoms with Gasteiger partial charge in [-0.2, -0.15) is 0 Å². The molecule has 0 unspecified atom stereocenters. The SMILES string of the molecule is CCNCC1CCN(C(=O)c2ccc3ncsc3c2)CC1. The molecule has 2 heterocycles. The maximum absolute atomic E-state index is 12.6. The molecule has 0 radical (unpaired) electrons. The van der Waals surface area contributed by atoms with Gasteiger partial charge in [-0.15, -0.1) is 11.3 Å². The predicted molar refractivity (Wildman–Crippen MR) is 86.8 cm³/mol. The molecular formula is C16H21N3OS. The molecule has 2 aromatic rings. The number of nitrogens with one attached hydrogen (secondary N) is 1. The molecule has 1 N–H and O–H groups in total. The van der Waals surface area contributed by atoms with Crippen LogP contribution in [0.2, 0.25) is 0 Å².